The zero-order valence-electron chi connectivity index (χ0n) is 7.16. The summed E-state index contributed by atoms with van der Waals surface area (Å²) >= 11 is 0. The van der Waals surface area contributed by atoms with Crippen molar-refractivity contribution >= 4 is 11.4 Å². The summed E-state index contributed by atoms with van der Waals surface area (Å²) in [5, 5.41) is 14.7. The number of anilines is 2. The third-order valence-electron chi connectivity index (χ3n) is 1.59. The summed E-state index contributed by atoms with van der Waals surface area (Å²) in [7, 11) is 3.42. The number of rotatable bonds is 3. The van der Waals surface area contributed by atoms with Crippen molar-refractivity contribution in [3.05, 3.63) is 29.5 Å². The van der Waals surface area contributed by atoms with E-state index in [9.17, 15) is 5.21 Å². The van der Waals surface area contributed by atoms with E-state index in [-0.39, 0.29) is 0 Å². The van der Waals surface area contributed by atoms with Gasteiger partial charge in [0.1, 0.15) is 0 Å². The van der Waals surface area contributed by atoms with Gasteiger partial charge in [0.25, 0.3) is 0 Å². The SMILES string of the molecule is CNc1ccc(N([O-])NC)cc1. The van der Waals surface area contributed by atoms with Crippen LogP contribution in [0.15, 0.2) is 24.3 Å². The van der Waals surface area contributed by atoms with Crippen LogP contribution in [0.1, 0.15) is 0 Å². The predicted octanol–water partition coefficient (Wildman–Crippen LogP) is 1.17. The molecule has 66 valence electrons. The zero-order chi connectivity index (χ0) is 8.97. The number of hydrazine groups is 1. The van der Waals surface area contributed by atoms with Gasteiger partial charge in [0.15, 0.2) is 0 Å². The molecule has 0 atom stereocenters. The molecule has 0 spiro atoms. The molecule has 0 aromatic heterocycles. The van der Waals surface area contributed by atoms with Gasteiger partial charge in [-0.15, -0.1) is 0 Å². The van der Waals surface area contributed by atoms with Crippen LogP contribution in [-0.4, -0.2) is 14.1 Å². The van der Waals surface area contributed by atoms with Crippen molar-refractivity contribution in [1.82, 2.24) is 5.43 Å². The highest BCUT2D eigenvalue weighted by Gasteiger charge is 1.91. The first-order valence-corrected chi connectivity index (χ1v) is 3.70. The summed E-state index contributed by atoms with van der Waals surface area (Å²) in [4.78, 5) is 0. The second kappa shape index (κ2) is 3.94. The molecule has 0 saturated carbocycles. The first-order chi connectivity index (χ1) is 5.77. The quantitative estimate of drug-likeness (QED) is 0.662. The van der Waals surface area contributed by atoms with Crippen LogP contribution in [0.2, 0.25) is 0 Å². The zero-order valence-corrected chi connectivity index (χ0v) is 7.16. The van der Waals surface area contributed by atoms with Crippen molar-refractivity contribution in [2.24, 2.45) is 0 Å². The molecule has 1 aromatic rings. The lowest BCUT2D eigenvalue weighted by Gasteiger charge is -2.28. The molecule has 0 saturated heterocycles. The first kappa shape index (κ1) is 8.83. The Kier molecular flexibility index (Phi) is 2.90. The van der Waals surface area contributed by atoms with Gasteiger partial charge in [0.05, 0.1) is 0 Å². The minimum absolute atomic E-state index is 0.594. The smallest absolute Gasteiger partial charge is 0.0406 e. The van der Waals surface area contributed by atoms with Gasteiger partial charge in [0, 0.05) is 25.5 Å². The van der Waals surface area contributed by atoms with Gasteiger partial charge in [-0.3, -0.25) is 0 Å². The molecular formula is C8H12N3O-. The second-order valence-electron chi connectivity index (χ2n) is 2.31. The van der Waals surface area contributed by atoms with E-state index in [0.29, 0.717) is 10.9 Å². The summed E-state index contributed by atoms with van der Waals surface area (Å²) in [6.07, 6.45) is 0. The Labute approximate surface area is 71.7 Å². The maximum Gasteiger partial charge on any atom is 0.0406 e. The topological polar surface area (TPSA) is 50.4 Å². The molecule has 4 heteroatoms. The van der Waals surface area contributed by atoms with Crippen molar-refractivity contribution in [2.75, 3.05) is 24.6 Å². The molecule has 0 bridgehead atoms. The monoisotopic (exact) mass is 166 g/mol. The van der Waals surface area contributed by atoms with Gasteiger partial charge in [0.2, 0.25) is 0 Å². The maximum atomic E-state index is 11.0. The molecule has 0 aliphatic rings. The summed E-state index contributed by atoms with van der Waals surface area (Å²) < 4.78 is 0. The van der Waals surface area contributed by atoms with Gasteiger partial charge >= 0.3 is 0 Å². The highest BCUT2D eigenvalue weighted by molar-refractivity contribution is 5.54. The number of benzene rings is 1. The van der Waals surface area contributed by atoms with E-state index < -0.39 is 0 Å². The van der Waals surface area contributed by atoms with Gasteiger partial charge in [-0.05, 0) is 24.3 Å². The van der Waals surface area contributed by atoms with Crippen LogP contribution in [0.4, 0.5) is 11.4 Å². The molecule has 0 fully saturated rings. The minimum atomic E-state index is 0.594. The molecule has 0 aliphatic carbocycles. The van der Waals surface area contributed by atoms with Crippen molar-refractivity contribution in [1.29, 1.82) is 0 Å². The fourth-order valence-electron chi connectivity index (χ4n) is 0.893. The largest absolute Gasteiger partial charge is 0.743 e. The third-order valence-corrected chi connectivity index (χ3v) is 1.59. The van der Waals surface area contributed by atoms with Gasteiger partial charge < -0.3 is 15.7 Å². The second-order valence-corrected chi connectivity index (χ2v) is 2.31. The number of nitrogens with zero attached hydrogens (tertiary/aromatic N) is 1. The maximum absolute atomic E-state index is 11.0. The first-order valence-electron chi connectivity index (χ1n) is 3.70. The summed E-state index contributed by atoms with van der Waals surface area (Å²) in [6.45, 7) is 0. The molecule has 0 radical (unpaired) electrons. The van der Waals surface area contributed by atoms with E-state index in [1.54, 1.807) is 19.2 Å². The van der Waals surface area contributed by atoms with Crippen molar-refractivity contribution < 1.29 is 0 Å². The van der Waals surface area contributed by atoms with E-state index in [2.05, 4.69) is 10.7 Å². The van der Waals surface area contributed by atoms with Gasteiger partial charge in [-0.1, -0.05) is 0 Å². The summed E-state index contributed by atoms with van der Waals surface area (Å²) in [5.74, 6) is 0. The standard InChI is InChI=1S/C8H12N3O/c1-9-7-3-5-8(6-4-7)11(12)10-2/h3-6,9-10H,1-2H3/q-1. The third kappa shape index (κ3) is 1.87. The summed E-state index contributed by atoms with van der Waals surface area (Å²) in [6, 6.07) is 7.18. The van der Waals surface area contributed by atoms with Gasteiger partial charge in [-0.2, -0.15) is 0 Å². The van der Waals surface area contributed by atoms with Crippen LogP contribution in [0.3, 0.4) is 0 Å². The molecule has 2 N–H and O–H groups in total. The van der Waals surface area contributed by atoms with Crippen LogP contribution in [0.25, 0.3) is 0 Å². The fourth-order valence-corrected chi connectivity index (χ4v) is 0.893. The molecule has 0 aliphatic heterocycles. The molecule has 4 nitrogen and oxygen atoms in total. The van der Waals surface area contributed by atoms with E-state index >= 15 is 0 Å². The van der Waals surface area contributed by atoms with E-state index in [0.717, 1.165) is 5.69 Å². The Bertz CT molecular complexity index is 235. The fraction of sp³-hybridized carbons (Fsp3) is 0.250. The highest BCUT2D eigenvalue weighted by atomic mass is 16.5. The van der Waals surface area contributed by atoms with Gasteiger partial charge in [-0.25, -0.2) is 5.43 Å². The molecular weight excluding hydrogens is 154 g/mol. The van der Waals surface area contributed by atoms with Crippen LogP contribution >= 0.6 is 0 Å². The molecule has 0 amide bonds. The summed E-state index contributed by atoms with van der Waals surface area (Å²) in [5.41, 5.74) is 4.06. The lowest BCUT2D eigenvalue weighted by atomic mass is 10.3. The average Bonchev–Trinajstić information content (AvgIpc) is 2.17. The molecule has 0 unspecified atom stereocenters. The molecule has 1 rings (SSSR count). The Balaban J connectivity index is 2.77. The van der Waals surface area contributed by atoms with Crippen molar-refractivity contribution in [3.63, 3.8) is 0 Å². The number of nitrogens with one attached hydrogen (secondary N) is 2. The predicted molar refractivity (Wildman–Crippen MR) is 50.9 cm³/mol. The molecule has 12 heavy (non-hydrogen) atoms. The number of hydrogen-bond acceptors (Lipinski definition) is 4. The van der Waals surface area contributed by atoms with Crippen LogP contribution in [0, 0.1) is 5.21 Å². The van der Waals surface area contributed by atoms with E-state index in [1.807, 2.05) is 19.2 Å². The van der Waals surface area contributed by atoms with E-state index in [4.69, 9.17) is 0 Å². The Morgan fingerprint density at radius 3 is 2.17 bits per heavy atom. The Hall–Kier alpha value is -1.26. The highest BCUT2D eigenvalue weighted by Crippen LogP contribution is 2.14. The van der Waals surface area contributed by atoms with E-state index in [1.165, 1.54) is 0 Å². The van der Waals surface area contributed by atoms with Crippen LogP contribution < -0.4 is 15.9 Å². The Morgan fingerprint density at radius 1 is 1.17 bits per heavy atom. The Morgan fingerprint density at radius 2 is 1.75 bits per heavy atom. The lowest BCUT2D eigenvalue weighted by molar-refractivity contribution is 0.831. The van der Waals surface area contributed by atoms with Crippen LogP contribution in [-0.2, 0) is 0 Å². The minimum Gasteiger partial charge on any atom is -0.743 e. The van der Waals surface area contributed by atoms with Crippen molar-refractivity contribution in [3.8, 4) is 0 Å². The normalized spacial score (nSPS) is 9.58. The molecule has 0 heterocycles. The average molecular weight is 166 g/mol. The molecule has 1 aromatic carbocycles. The van der Waals surface area contributed by atoms with Crippen molar-refractivity contribution in [2.45, 2.75) is 0 Å². The lowest BCUT2D eigenvalue weighted by Crippen LogP contribution is -2.28. The van der Waals surface area contributed by atoms with Crippen LogP contribution in [0.5, 0.6) is 0 Å². The number of hydrogen-bond donors (Lipinski definition) is 2.